The van der Waals surface area contributed by atoms with Crippen LogP contribution in [0.3, 0.4) is 0 Å². The second-order valence-corrected chi connectivity index (χ2v) is 2.86. The van der Waals surface area contributed by atoms with E-state index in [9.17, 15) is 4.79 Å². The van der Waals surface area contributed by atoms with Gasteiger partial charge in [-0.05, 0) is 12.8 Å². The highest BCUT2D eigenvalue weighted by molar-refractivity contribution is 5.63. The van der Waals surface area contributed by atoms with Crippen LogP contribution in [0.5, 0.6) is 0 Å². The van der Waals surface area contributed by atoms with E-state index in [0.29, 0.717) is 0 Å². The SMILES string of the molecule is COC1([C]=O)CCCCC1. The predicted octanol–water partition coefficient (Wildman–Crippen LogP) is 1.45. The molecule has 0 heterocycles. The van der Waals surface area contributed by atoms with E-state index < -0.39 is 5.60 Å². The molecule has 2 nitrogen and oxygen atoms in total. The van der Waals surface area contributed by atoms with E-state index in [4.69, 9.17) is 4.74 Å². The summed E-state index contributed by atoms with van der Waals surface area (Å²) in [5, 5.41) is 0. The molecule has 1 rings (SSSR count). The van der Waals surface area contributed by atoms with Gasteiger partial charge in [0.25, 0.3) is 0 Å². The van der Waals surface area contributed by atoms with Gasteiger partial charge < -0.3 is 4.74 Å². The number of ether oxygens (including phenoxy) is 1. The fourth-order valence-electron chi connectivity index (χ4n) is 1.47. The van der Waals surface area contributed by atoms with Gasteiger partial charge in [0.05, 0.1) is 0 Å². The summed E-state index contributed by atoms with van der Waals surface area (Å²) in [5.41, 5.74) is -0.543. The van der Waals surface area contributed by atoms with E-state index in [1.807, 2.05) is 6.29 Å². The van der Waals surface area contributed by atoms with Crippen LogP contribution in [0, 0.1) is 0 Å². The summed E-state index contributed by atoms with van der Waals surface area (Å²) < 4.78 is 5.10. The third-order valence-electron chi connectivity index (χ3n) is 2.24. The van der Waals surface area contributed by atoms with Gasteiger partial charge in [0.2, 0.25) is 6.29 Å². The molecule has 1 radical (unpaired) electrons. The van der Waals surface area contributed by atoms with Crippen LogP contribution in [0.2, 0.25) is 0 Å². The van der Waals surface area contributed by atoms with Gasteiger partial charge in [-0.1, -0.05) is 19.3 Å². The number of rotatable bonds is 2. The maximum atomic E-state index is 10.5. The second kappa shape index (κ2) is 3.15. The third-order valence-corrected chi connectivity index (χ3v) is 2.24. The summed E-state index contributed by atoms with van der Waals surface area (Å²) in [4.78, 5) is 10.5. The molecule has 0 aromatic heterocycles. The Hall–Kier alpha value is -0.370. The lowest BCUT2D eigenvalue weighted by Gasteiger charge is -2.29. The van der Waals surface area contributed by atoms with Gasteiger partial charge >= 0.3 is 0 Å². The Morgan fingerprint density at radius 1 is 1.30 bits per heavy atom. The molecule has 0 aromatic carbocycles. The molecule has 0 spiro atoms. The highest BCUT2D eigenvalue weighted by atomic mass is 16.5. The molecule has 0 N–H and O–H groups in total. The van der Waals surface area contributed by atoms with Crippen LogP contribution in [0.25, 0.3) is 0 Å². The standard InChI is InChI=1S/C8H13O2/c1-10-8(7-9)5-3-2-4-6-8/h2-6H2,1H3. The summed E-state index contributed by atoms with van der Waals surface area (Å²) in [6, 6.07) is 0. The van der Waals surface area contributed by atoms with Crippen LogP contribution in [0.4, 0.5) is 0 Å². The molecule has 0 amide bonds. The molecule has 0 bridgehead atoms. The lowest BCUT2D eigenvalue weighted by molar-refractivity contribution is 0.0173. The second-order valence-electron chi connectivity index (χ2n) is 2.86. The van der Waals surface area contributed by atoms with Gasteiger partial charge in [-0.25, -0.2) is 0 Å². The molecule has 1 fully saturated rings. The van der Waals surface area contributed by atoms with Crippen molar-refractivity contribution in [3.8, 4) is 0 Å². The van der Waals surface area contributed by atoms with Crippen molar-refractivity contribution in [2.75, 3.05) is 7.11 Å². The van der Waals surface area contributed by atoms with E-state index in [1.165, 1.54) is 6.42 Å². The smallest absolute Gasteiger partial charge is 0.233 e. The summed E-state index contributed by atoms with van der Waals surface area (Å²) in [7, 11) is 1.59. The lowest BCUT2D eigenvalue weighted by atomic mass is 9.86. The van der Waals surface area contributed by atoms with Gasteiger partial charge in [0.15, 0.2) is 0 Å². The molecular weight excluding hydrogens is 128 g/mol. The maximum Gasteiger partial charge on any atom is 0.233 e. The Bertz CT molecular complexity index is 114. The topological polar surface area (TPSA) is 26.3 Å². The summed E-state index contributed by atoms with van der Waals surface area (Å²) >= 11 is 0. The van der Waals surface area contributed by atoms with Gasteiger partial charge in [-0.3, -0.25) is 4.79 Å². The molecule has 0 aromatic rings. The molecule has 2 heteroatoms. The third kappa shape index (κ3) is 1.37. The Kier molecular flexibility index (Phi) is 2.44. The van der Waals surface area contributed by atoms with Crippen molar-refractivity contribution < 1.29 is 9.53 Å². The van der Waals surface area contributed by atoms with Gasteiger partial charge in [0.1, 0.15) is 5.60 Å². The Morgan fingerprint density at radius 3 is 2.20 bits per heavy atom. The number of hydrogen-bond acceptors (Lipinski definition) is 2. The zero-order valence-electron chi connectivity index (χ0n) is 6.35. The normalized spacial score (nSPS) is 24.1. The van der Waals surface area contributed by atoms with Gasteiger partial charge in [0, 0.05) is 7.11 Å². The first-order valence-corrected chi connectivity index (χ1v) is 3.77. The zero-order valence-corrected chi connectivity index (χ0v) is 6.35. The number of hydrogen-bond donors (Lipinski definition) is 0. The van der Waals surface area contributed by atoms with E-state index in [-0.39, 0.29) is 0 Å². The van der Waals surface area contributed by atoms with Crippen molar-refractivity contribution in [2.45, 2.75) is 37.7 Å². The van der Waals surface area contributed by atoms with E-state index in [0.717, 1.165) is 25.7 Å². The van der Waals surface area contributed by atoms with Crippen molar-refractivity contribution >= 4 is 6.29 Å². The molecule has 0 unspecified atom stereocenters. The largest absolute Gasteiger partial charge is 0.370 e. The summed E-state index contributed by atoms with van der Waals surface area (Å²) in [5.74, 6) is 0. The number of methoxy groups -OCH3 is 1. The van der Waals surface area contributed by atoms with Crippen LogP contribution >= 0.6 is 0 Å². The molecule has 0 atom stereocenters. The molecule has 1 aliphatic carbocycles. The molecule has 10 heavy (non-hydrogen) atoms. The Morgan fingerprint density at radius 2 is 1.90 bits per heavy atom. The first-order valence-electron chi connectivity index (χ1n) is 3.77. The van der Waals surface area contributed by atoms with E-state index in [2.05, 4.69) is 0 Å². The minimum absolute atomic E-state index is 0.543. The number of carbonyl (C=O) groups excluding carboxylic acids is 1. The van der Waals surface area contributed by atoms with Crippen molar-refractivity contribution in [2.24, 2.45) is 0 Å². The molecular formula is C8H13O2. The van der Waals surface area contributed by atoms with Crippen LogP contribution in [0.15, 0.2) is 0 Å². The molecule has 57 valence electrons. The highest BCUT2D eigenvalue weighted by Gasteiger charge is 2.32. The first-order chi connectivity index (χ1) is 4.83. The minimum Gasteiger partial charge on any atom is -0.370 e. The van der Waals surface area contributed by atoms with Crippen molar-refractivity contribution in [3.05, 3.63) is 0 Å². The molecule has 0 saturated heterocycles. The Balaban J connectivity index is 2.52. The van der Waals surface area contributed by atoms with Crippen LogP contribution in [-0.2, 0) is 9.53 Å². The fraction of sp³-hybridized carbons (Fsp3) is 0.875. The predicted molar refractivity (Wildman–Crippen MR) is 38.5 cm³/mol. The first kappa shape index (κ1) is 7.73. The quantitative estimate of drug-likeness (QED) is 0.581. The highest BCUT2D eigenvalue weighted by Crippen LogP contribution is 2.28. The molecule has 1 saturated carbocycles. The lowest BCUT2D eigenvalue weighted by Crippen LogP contribution is -2.35. The Labute approximate surface area is 61.6 Å². The van der Waals surface area contributed by atoms with Gasteiger partial charge in [-0.15, -0.1) is 0 Å². The van der Waals surface area contributed by atoms with E-state index >= 15 is 0 Å². The molecule has 0 aliphatic heterocycles. The van der Waals surface area contributed by atoms with E-state index in [1.54, 1.807) is 7.11 Å². The summed E-state index contributed by atoms with van der Waals surface area (Å²) in [6.45, 7) is 0. The van der Waals surface area contributed by atoms with Crippen molar-refractivity contribution in [1.82, 2.24) is 0 Å². The average Bonchev–Trinajstić information content (AvgIpc) is 2.06. The molecule has 1 aliphatic rings. The van der Waals surface area contributed by atoms with Crippen molar-refractivity contribution in [1.29, 1.82) is 0 Å². The average molecular weight is 141 g/mol. The fourth-order valence-corrected chi connectivity index (χ4v) is 1.47. The maximum absolute atomic E-state index is 10.5. The summed E-state index contributed by atoms with van der Waals surface area (Å²) in [6.07, 6.45) is 7.13. The zero-order chi connectivity index (χ0) is 7.45. The van der Waals surface area contributed by atoms with Crippen LogP contribution < -0.4 is 0 Å². The van der Waals surface area contributed by atoms with Crippen LogP contribution in [-0.4, -0.2) is 19.0 Å². The van der Waals surface area contributed by atoms with Crippen molar-refractivity contribution in [3.63, 3.8) is 0 Å². The minimum atomic E-state index is -0.543. The van der Waals surface area contributed by atoms with Crippen LogP contribution in [0.1, 0.15) is 32.1 Å². The van der Waals surface area contributed by atoms with Gasteiger partial charge in [-0.2, -0.15) is 0 Å². The monoisotopic (exact) mass is 141 g/mol.